The number of carbonyl (C=O) groups excluding carboxylic acids is 4. The number of fused-ring (bicyclic) bond motifs is 2. The Kier molecular flexibility index (Phi) is 8.17. The first-order chi connectivity index (χ1) is 20.2. The standard InChI is InChI=1S/C28H28N2O12/c1-35-11-9-13(37-3)17-19(25(31)39-5)23(27(33)41-7)29-21(17)15(11)16-12(36-2)10-14(38-4)18-20(26(32)40-6)24(28(34)42-8)30-22(16)18/h9-10,29-30H,1-8H3. The smallest absolute Gasteiger partial charge is 0.355 e. The lowest BCUT2D eigenvalue weighted by Crippen LogP contribution is -2.10. The van der Waals surface area contributed by atoms with Crippen LogP contribution in [0, 0.1) is 0 Å². The lowest BCUT2D eigenvalue weighted by Gasteiger charge is -2.18. The topological polar surface area (TPSA) is 174 Å². The van der Waals surface area contributed by atoms with E-state index in [0.717, 1.165) is 28.4 Å². The molecule has 0 unspecified atom stereocenters. The monoisotopic (exact) mass is 584 g/mol. The van der Waals surface area contributed by atoms with Crippen LogP contribution >= 0.6 is 0 Å². The van der Waals surface area contributed by atoms with Gasteiger partial charge in [0.15, 0.2) is 0 Å². The van der Waals surface area contributed by atoms with Gasteiger partial charge < -0.3 is 47.9 Å². The van der Waals surface area contributed by atoms with E-state index in [4.69, 9.17) is 37.9 Å². The van der Waals surface area contributed by atoms with E-state index >= 15 is 0 Å². The second-order valence-electron chi connectivity index (χ2n) is 8.53. The van der Waals surface area contributed by atoms with Crippen LogP contribution in [0.4, 0.5) is 0 Å². The summed E-state index contributed by atoms with van der Waals surface area (Å²) >= 11 is 0. The number of ether oxygens (including phenoxy) is 8. The molecule has 0 saturated heterocycles. The highest BCUT2D eigenvalue weighted by atomic mass is 16.5. The van der Waals surface area contributed by atoms with E-state index in [2.05, 4.69) is 9.97 Å². The summed E-state index contributed by atoms with van der Waals surface area (Å²) in [5.74, 6) is -2.67. The minimum Gasteiger partial charge on any atom is -0.496 e. The number of hydrogen-bond acceptors (Lipinski definition) is 12. The Morgan fingerprint density at radius 2 is 0.786 bits per heavy atom. The van der Waals surface area contributed by atoms with Crippen LogP contribution in [0.2, 0.25) is 0 Å². The molecule has 2 N–H and O–H groups in total. The maximum atomic E-state index is 13.0. The highest BCUT2D eigenvalue weighted by molar-refractivity contribution is 6.22. The zero-order valence-corrected chi connectivity index (χ0v) is 24.1. The molecular formula is C28H28N2O12. The van der Waals surface area contributed by atoms with E-state index in [1.807, 2.05) is 0 Å². The van der Waals surface area contributed by atoms with Gasteiger partial charge in [-0.1, -0.05) is 0 Å². The van der Waals surface area contributed by atoms with E-state index < -0.39 is 23.9 Å². The summed E-state index contributed by atoms with van der Waals surface area (Å²) in [5, 5.41) is 0.332. The average Bonchev–Trinajstić information content (AvgIpc) is 3.62. The first kappa shape index (κ1) is 29.6. The second kappa shape index (κ2) is 11.6. The summed E-state index contributed by atoms with van der Waals surface area (Å²) in [6.07, 6.45) is 0. The Morgan fingerprint density at radius 1 is 0.476 bits per heavy atom. The summed E-state index contributed by atoms with van der Waals surface area (Å²) < 4.78 is 42.4. The van der Waals surface area contributed by atoms with Gasteiger partial charge in [0.25, 0.3) is 0 Å². The van der Waals surface area contributed by atoms with Crippen molar-refractivity contribution in [3.8, 4) is 34.1 Å². The molecule has 0 spiro atoms. The van der Waals surface area contributed by atoms with Gasteiger partial charge in [-0.25, -0.2) is 19.2 Å². The van der Waals surface area contributed by atoms with E-state index in [1.165, 1.54) is 40.6 Å². The van der Waals surface area contributed by atoms with Crippen LogP contribution in [0.5, 0.6) is 23.0 Å². The molecule has 0 atom stereocenters. The van der Waals surface area contributed by atoms with Crippen molar-refractivity contribution in [1.82, 2.24) is 9.97 Å². The summed E-state index contributed by atoms with van der Waals surface area (Å²) in [4.78, 5) is 57.6. The quantitative estimate of drug-likeness (QED) is 0.217. The lowest BCUT2D eigenvalue weighted by molar-refractivity contribution is 0.0553. The molecule has 0 aliphatic carbocycles. The number of aromatic amines is 2. The highest BCUT2D eigenvalue weighted by Crippen LogP contribution is 2.51. The fourth-order valence-electron chi connectivity index (χ4n) is 4.90. The van der Waals surface area contributed by atoms with Gasteiger partial charge in [0.2, 0.25) is 0 Å². The van der Waals surface area contributed by atoms with Gasteiger partial charge >= 0.3 is 23.9 Å². The Labute approximate surface area is 238 Å². The fourth-order valence-corrected chi connectivity index (χ4v) is 4.90. The maximum Gasteiger partial charge on any atom is 0.355 e. The largest absolute Gasteiger partial charge is 0.496 e. The highest BCUT2D eigenvalue weighted by Gasteiger charge is 2.35. The number of aromatic nitrogens is 2. The number of carbonyl (C=O) groups is 4. The van der Waals surface area contributed by atoms with Gasteiger partial charge in [-0.15, -0.1) is 0 Å². The third-order valence-corrected chi connectivity index (χ3v) is 6.70. The van der Waals surface area contributed by atoms with Crippen LogP contribution in [-0.4, -0.2) is 90.7 Å². The minimum absolute atomic E-state index is 0.152. The predicted octanol–water partition coefficient (Wildman–Crippen LogP) is 3.50. The number of benzene rings is 2. The van der Waals surface area contributed by atoms with Crippen molar-refractivity contribution in [3.63, 3.8) is 0 Å². The number of methoxy groups -OCH3 is 8. The summed E-state index contributed by atoms with van der Waals surface area (Å²) in [7, 11) is 10.2. The van der Waals surface area contributed by atoms with Crippen molar-refractivity contribution in [2.24, 2.45) is 0 Å². The third-order valence-electron chi connectivity index (χ3n) is 6.70. The van der Waals surface area contributed by atoms with E-state index in [1.54, 1.807) is 0 Å². The predicted molar refractivity (Wildman–Crippen MR) is 147 cm³/mol. The molecule has 0 radical (unpaired) electrons. The van der Waals surface area contributed by atoms with Gasteiger partial charge in [0.1, 0.15) is 45.5 Å². The Morgan fingerprint density at radius 3 is 1.05 bits per heavy atom. The molecule has 14 nitrogen and oxygen atoms in total. The zero-order valence-electron chi connectivity index (χ0n) is 24.1. The van der Waals surface area contributed by atoms with Gasteiger partial charge in [-0.05, 0) is 0 Å². The van der Waals surface area contributed by atoms with E-state index in [-0.39, 0.29) is 78.4 Å². The van der Waals surface area contributed by atoms with Crippen molar-refractivity contribution < 1.29 is 57.1 Å². The molecule has 14 heteroatoms. The average molecular weight is 585 g/mol. The molecule has 42 heavy (non-hydrogen) atoms. The van der Waals surface area contributed by atoms with Crippen molar-refractivity contribution >= 4 is 45.7 Å². The lowest BCUT2D eigenvalue weighted by atomic mass is 9.95. The van der Waals surface area contributed by atoms with Gasteiger partial charge in [0, 0.05) is 12.1 Å². The normalized spacial score (nSPS) is 10.8. The van der Waals surface area contributed by atoms with Crippen molar-refractivity contribution in [1.29, 1.82) is 0 Å². The van der Waals surface area contributed by atoms with Crippen LogP contribution in [-0.2, 0) is 18.9 Å². The van der Waals surface area contributed by atoms with Crippen molar-refractivity contribution in [2.75, 3.05) is 56.9 Å². The number of esters is 4. The molecular weight excluding hydrogens is 556 g/mol. The SMILES string of the molecule is COC(=O)c1[nH]c2c(-c3c(OC)cc(OC)c4c(C(=O)OC)c(C(=O)OC)[nH]c34)c(OC)cc(OC)c2c1C(=O)OC. The van der Waals surface area contributed by atoms with Gasteiger partial charge in [-0.3, -0.25) is 0 Å². The molecule has 2 aromatic heterocycles. The van der Waals surface area contributed by atoms with Crippen molar-refractivity contribution in [2.45, 2.75) is 0 Å². The molecule has 2 aromatic carbocycles. The van der Waals surface area contributed by atoms with Crippen LogP contribution < -0.4 is 18.9 Å². The van der Waals surface area contributed by atoms with E-state index in [0.29, 0.717) is 0 Å². The molecule has 2 heterocycles. The van der Waals surface area contributed by atoms with Gasteiger partial charge in [-0.2, -0.15) is 0 Å². The van der Waals surface area contributed by atoms with Gasteiger partial charge in [0.05, 0.1) is 89.8 Å². The maximum absolute atomic E-state index is 13.0. The first-order valence-electron chi connectivity index (χ1n) is 12.1. The Hall–Kier alpha value is -5.40. The number of hydrogen-bond donors (Lipinski definition) is 2. The third kappa shape index (κ3) is 4.36. The molecule has 0 amide bonds. The summed E-state index contributed by atoms with van der Waals surface area (Å²) in [6, 6.07) is 3.00. The molecule has 0 aliphatic heterocycles. The fraction of sp³-hybridized carbons (Fsp3) is 0.286. The minimum atomic E-state index is -0.855. The van der Waals surface area contributed by atoms with Crippen LogP contribution in [0.15, 0.2) is 12.1 Å². The van der Waals surface area contributed by atoms with Crippen LogP contribution in [0.1, 0.15) is 41.7 Å². The zero-order chi connectivity index (χ0) is 30.9. The summed E-state index contributed by atoms with van der Waals surface area (Å²) in [5.41, 5.74) is 0.151. The molecule has 4 rings (SSSR count). The first-order valence-corrected chi connectivity index (χ1v) is 12.1. The second-order valence-corrected chi connectivity index (χ2v) is 8.53. The number of H-pyrrole nitrogens is 2. The molecule has 222 valence electrons. The molecule has 0 fully saturated rings. The van der Waals surface area contributed by atoms with Crippen molar-refractivity contribution in [3.05, 3.63) is 34.6 Å². The van der Waals surface area contributed by atoms with E-state index in [9.17, 15) is 19.2 Å². The van der Waals surface area contributed by atoms with Crippen LogP contribution in [0.3, 0.4) is 0 Å². The summed E-state index contributed by atoms with van der Waals surface area (Å²) in [6.45, 7) is 0. The molecule has 0 saturated carbocycles. The molecule has 0 aliphatic rings. The molecule has 0 bridgehead atoms. The number of rotatable bonds is 9. The number of nitrogens with one attached hydrogen (secondary N) is 2. The van der Waals surface area contributed by atoms with Crippen LogP contribution in [0.25, 0.3) is 32.9 Å². The molecule has 4 aromatic rings. The Balaban J connectivity index is 2.35. The Bertz CT molecular complexity index is 1620.